The summed E-state index contributed by atoms with van der Waals surface area (Å²) in [5.41, 5.74) is 2.79. The van der Waals surface area contributed by atoms with Crippen molar-refractivity contribution in [3.8, 4) is 11.3 Å². The Bertz CT molecular complexity index is 560. The van der Waals surface area contributed by atoms with Gasteiger partial charge in [-0.1, -0.05) is 26.0 Å². The van der Waals surface area contributed by atoms with Crippen LogP contribution in [0.15, 0.2) is 29.6 Å². The fraction of sp³-hybridized carbons (Fsp3) is 0.286. The van der Waals surface area contributed by atoms with Gasteiger partial charge in [0, 0.05) is 29.6 Å². The third-order valence-electron chi connectivity index (χ3n) is 2.69. The number of benzene rings is 1. The predicted octanol–water partition coefficient (Wildman–Crippen LogP) is 3.45. The van der Waals surface area contributed by atoms with Gasteiger partial charge in [-0.15, -0.1) is 11.3 Å². The number of carbonyl (C=O) groups is 1. The van der Waals surface area contributed by atoms with E-state index in [1.807, 2.05) is 50.5 Å². The normalized spacial score (nSPS) is 10.5. The summed E-state index contributed by atoms with van der Waals surface area (Å²) in [5.74, 6) is 0.00952. The Balaban J connectivity index is 2.12. The fourth-order valence-electron chi connectivity index (χ4n) is 1.53. The molecule has 5 heteroatoms. The zero-order valence-electron chi connectivity index (χ0n) is 11.2. The van der Waals surface area contributed by atoms with Gasteiger partial charge >= 0.3 is 0 Å². The molecule has 2 aromatic rings. The Hall–Kier alpha value is -1.88. The molecule has 2 N–H and O–H groups in total. The van der Waals surface area contributed by atoms with E-state index in [-0.39, 0.29) is 11.8 Å². The monoisotopic (exact) mass is 275 g/mol. The summed E-state index contributed by atoms with van der Waals surface area (Å²) in [6.07, 6.45) is 0. The second-order valence-electron chi connectivity index (χ2n) is 4.51. The van der Waals surface area contributed by atoms with E-state index in [4.69, 9.17) is 0 Å². The number of carbonyl (C=O) groups excluding carboxylic acids is 1. The second-order valence-corrected chi connectivity index (χ2v) is 5.37. The molecule has 4 nitrogen and oxygen atoms in total. The largest absolute Gasteiger partial charge is 0.365 e. The van der Waals surface area contributed by atoms with E-state index in [1.165, 1.54) is 0 Å². The number of hydrogen-bond donors (Lipinski definition) is 2. The third kappa shape index (κ3) is 3.32. The molecule has 0 atom stereocenters. The summed E-state index contributed by atoms with van der Waals surface area (Å²) in [7, 11) is 1.85. The van der Waals surface area contributed by atoms with Crippen LogP contribution in [0.3, 0.4) is 0 Å². The highest BCUT2D eigenvalue weighted by atomic mass is 32.1. The minimum atomic E-state index is -0.0172. The lowest BCUT2D eigenvalue weighted by Gasteiger charge is -2.07. The molecule has 0 saturated heterocycles. The van der Waals surface area contributed by atoms with Crippen LogP contribution >= 0.6 is 11.3 Å². The molecule has 0 aliphatic heterocycles. The zero-order valence-corrected chi connectivity index (χ0v) is 12.0. The van der Waals surface area contributed by atoms with Crippen LogP contribution in [0, 0.1) is 5.92 Å². The lowest BCUT2D eigenvalue weighted by atomic mass is 10.1. The predicted molar refractivity (Wildman–Crippen MR) is 80.6 cm³/mol. The Morgan fingerprint density at radius 2 is 1.95 bits per heavy atom. The molecule has 0 spiro atoms. The molecule has 1 aromatic heterocycles. The van der Waals surface area contributed by atoms with Crippen molar-refractivity contribution < 1.29 is 4.79 Å². The molecule has 1 heterocycles. The van der Waals surface area contributed by atoms with Crippen molar-refractivity contribution in [2.24, 2.45) is 5.92 Å². The molecule has 0 fully saturated rings. The van der Waals surface area contributed by atoms with Crippen LogP contribution < -0.4 is 10.6 Å². The van der Waals surface area contributed by atoms with E-state index < -0.39 is 0 Å². The molecule has 1 amide bonds. The van der Waals surface area contributed by atoms with Crippen LogP contribution in [-0.2, 0) is 4.79 Å². The van der Waals surface area contributed by atoms with Gasteiger partial charge in [0.05, 0.1) is 5.69 Å². The number of anilines is 2. The minimum Gasteiger partial charge on any atom is -0.365 e. The van der Waals surface area contributed by atoms with Gasteiger partial charge in [0.1, 0.15) is 0 Å². The van der Waals surface area contributed by atoms with Gasteiger partial charge in [-0.25, -0.2) is 4.98 Å². The first-order chi connectivity index (χ1) is 9.10. The Morgan fingerprint density at radius 1 is 1.26 bits per heavy atom. The van der Waals surface area contributed by atoms with Crippen LogP contribution in [0.25, 0.3) is 11.3 Å². The summed E-state index contributed by atoms with van der Waals surface area (Å²) < 4.78 is 0. The summed E-state index contributed by atoms with van der Waals surface area (Å²) >= 11 is 1.57. The van der Waals surface area contributed by atoms with E-state index in [2.05, 4.69) is 15.6 Å². The van der Waals surface area contributed by atoms with Crippen molar-refractivity contribution in [1.82, 2.24) is 4.98 Å². The Morgan fingerprint density at radius 3 is 2.47 bits per heavy atom. The highest BCUT2D eigenvalue weighted by molar-refractivity contribution is 7.14. The molecule has 2 rings (SSSR count). The van der Waals surface area contributed by atoms with Crippen molar-refractivity contribution in [3.05, 3.63) is 29.6 Å². The highest BCUT2D eigenvalue weighted by Gasteiger charge is 2.07. The number of amides is 1. The van der Waals surface area contributed by atoms with Crippen molar-refractivity contribution in [2.75, 3.05) is 17.7 Å². The fourth-order valence-corrected chi connectivity index (χ4v) is 2.21. The van der Waals surface area contributed by atoms with E-state index in [0.717, 1.165) is 22.1 Å². The number of hydrogen-bond acceptors (Lipinski definition) is 4. The van der Waals surface area contributed by atoms with Crippen LogP contribution in [0.4, 0.5) is 10.8 Å². The molecule has 0 aliphatic carbocycles. The molecule has 100 valence electrons. The second kappa shape index (κ2) is 5.84. The third-order valence-corrected chi connectivity index (χ3v) is 3.55. The van der Waals surface area contributed by atoms with Crippen molar-refractivity contribution in [1.29, 1.82) is 0 Å². The smallest absolute Gasteiger partial charge is 0.226 e. The lowest BCUT2D eigenvalue weighted by molar-refractivity contribution is -0.118. The maximum absolute atomic E-state index is 11.6. The van der Waals surface area contributed by atoms with Gasteiger partial charge in [-0.2, -0.15) is 0 Å². The molecular formula is C14H17N3OS. The number of nitrogens with one attached hydrogen (secondary N) is 2. The SMILES string of the molecule is CNc1nc(-c2ccc(NC(=O)C(C)C)cc2)cs1. The summed E-state index contributed by atoms with van der Waals surface area (Å²) in [5, 5.41) is 8.79. The zero-order chi connectivity index (χ0) is 13.8. The number of nitrogens with zero attached hydrogens (tertiary/aromatic N) is 1. The molecule has 0 saturated carbocycles. The van der Waals surface area contributed by atoms with Gasteiger partial charge in [0.25, 0.3) is 0 Å². The van der Waals surface area contributed by atoms with Crippen molar-refractivity contribution >= 4 is 28.1 Å². The molecular weight excluding hydrogens is 258 g/mol. The Kier molecular flexibility index (Phi) is 4.16. The first kappa shape index (κ1) is 13.5. The Labute approximate surface area is 116 Å². The number of rotatable bonds is 4. The molecule has 19 heavy (non-hydrogen) atoms. The molecule has 0 unspecified atom stereocenters. The van der Waals surface area contributed by atoms with Gasteiger partial charge in [0.2, 0.25) is 5.91 Å². The molecule has 0 aliphatic rings. The van der Waals surface area contributed by atoms with Gasteiger partial charge in [0.15, 0.2) is 5.13 Å². The quantitative estimate of drug-likeness (QED) is 0.898. The maximum Gasteiger partial charge on any atom is 0.226 e. The van der Waals surface area contributed by atoms with Gasteiger partial charge < -0.3 is 10.6 Å². The van der Waals surface area contributed by atoms with Crippen LogP contribution in [0.5, 0.6) is 0 Å². The average molecular weight is 275 g/mol. The van der Waals surface area contributed by atoms with Crippen molar-refractivity contribution in [3.63, 3.8) is 0 Å². The summed E-state index contributed by atoms with van der Waals surface area (Å²) in [6, 6.07) is 7.72. The van der Waals surface area contributed by atoms with Crippen molar-refractivity contribution in [2.45, 2.75) is 13.8 Å². The van der Waals surface area contributed by atoms with E-state index >= 15 is 0 Å². The van der Waals surface area contributed by atoms with Crippen LogP contribution in [-0.4, -0.2) is 17.9 Å². The summed E-state index contributed by atoms with van der Waals surface area (Å²) in [6.45, 7) is 3.75. The highest BCUT2D eigenvalue weighted by Crippen LogP contribution is 2.25. The molecule has 0 radical (unpaired) electrons. The number of thiazole rings is 1. The maximum atomic E-state index is 11.6. The lowest BCUT2D eigenvalue weighted by Crippen LogP contribution is -2.17. The van der Waals surface area contributed by atoms with Crippen LogP contribution in [0.1, 0.15) is 13.8 Å². The van der Waals surface area contributed by atoms with Gasteiger partial charge in [-0.3, -0.25) is 4.79 Å². The summed E-state index contributed by atoms with van der Waals surface area (Å²) in [4.78, 5) is 16.0. The van der Waals surface area contributed by atoms with E-state index in [1.54, 1.807) is 11.3 Å². The van der Waals surface area contributed by atoms with E-state index in [9.17, 15) is 4.79 Å². The number of aromatic nitrogens is 1. The first-order valence-corrected chi connectivity index (χ1v) is 7.02. The molecule has 1 aromatic carbocycles. The standard InChI is InChI=1S/C14H17N3OS/c1-9(2)13(18)16-11-6-4-10(5-7-11)12-8-19-14(15-3)17-12/h4-9H,1-3H3,(H,15,17)(H,16,18). The molecule has 0 bridgehead atoms. The van der Waals surface area contributed by atoms with Crippen LogP contribution in [0.2, 0.25) is 0 Å². The topological polar surface area (TPSA) is 54.0 Å². The minimum absolute atomic E-state index is 0.0172. The first-order valence-electron chi connectivity index (χ1n) is 6.14. The average Bonchev–Trinajstić information content (AvgIpc) is 2.88. The van der Waals surface area contributed by atoms with Gasteiger partial charge in [-0.05, 0) is 12.1 Å². The van der Waals surface area contributed by atoms with E-state index in [0.29, 0.717) is 0 Å².